The summed E-state index contributed by atoms with van der Waals surface area (Å²) in [6.45, 7) is 10.6. The molecule has 0 aromatic heterocycles. The summed E-state index contributed by atoms with van der Waals surface area (Å²) in [7, 11) is 1.48. The molecule has 22 heavy (non-hydrogen) atoms. The van der Waals surface area contributed by atoms with Crippen LogP contribution in [0.5, 0.6) is 5.75 Å². The fraction of sp³-hybridized carbons (Fsp3) is 0.529. The number of ether oxygens (including phenoxy) is 1. The van der Waals surface area contributed by atoms with Crippen LogP contribution in [0.15, 0.2) is 12.1 Å². The van der Waals surface area contributed by atoms with E-state index in [1.54, 1.807) is 39.8 Å². The molecule has 0 aliphatic rings. The Kier molecular flexibility index (Phi) is 4.90. The van der Waals surface area contributed by atoms with Gasteiger partial charge in [0.2, 0.25) is 0 Å². The van der Waals surface area contributed by atoms with E-state index < -0.39 is 17.2 Å². The molecule has 1 atom stereocenters. The van der Waals surface area contributed by atoms with Gasteiger partial charge in [0.05, 0.1) is 0 Å². The van der Waals surface area contributed by atoms with Crippen LogP contribution in [0, 0.1) is 13.8 Å². The number of aromatic hydroxyl groups is 1. The molecule has 0 spiro atoms. The van der Waals surface area contributed by atoms with Crippen molar-refractivity contribution in [3.8, 4) is 5.75 Å². The predicted molar refractivity (Wildman–Crippen MR) is 85.0 cm³/mol. The number of benzene rings is 1. The van der Waals surface area contributed by atoms with E-state index >= 15 is 0 Å². The zero-order valence-corrected chi connectivity index (χ0v) is 14.4. The van der Waals surface area contributed by atoms with Crippen molar-refractivity contribution < 1.29 is 19.4 Å². The Morgan fingerprint density at radius 3 is 2.14 bits per heavy atom. The maximum absolute atomic E-state index is 12.3. The quantitative estimate of drug-likeness (QED) is 0.870. The molecular weight excluding hydrogens is 282 g/mol. The van der Waals surface area contributed by atoms with Gasteiger partial charge in [-0.1, -0.05) is 0 Å². The normalized spacial score (nSPS) is 14.1. The number of aryl methyl sites for hydroxylation is 2. The smallest absolute Gasteiger partial charge is 0.411 e. The summed E-state index contributed by atoms with van der Waals surface area (Å²) in [4.78, 5) is 25.2. The fourth-order valence-corrected chi connectivity index (χ4v) is 2.05. The zero-order valence-electron chi connectivity index (χ0n) is 14.4. The van der Waals surface area contributed by atoms with Crippen molar-refractivity contribution in [3.63, 3.8) is 0 Å². The van der Waals surface area contributed by atoms with Gasteiger partial charge in [-0.2, -0.15) is 0 Å². The Bertz CT molecular complexity index is 589. The highest BCUT2D eigenvalue weighted by Crippen LogP contribution is 2.34. The Morgan fingerprint density at radius 2 is 1.68 bits per heavy atom. The van der Waals surface area contributed by atoms with Gasteiger partial charge in [0.25, 0.3) is 0 Å². The number of carbonyl (C=O) groups is 2. The number of phenols is 1. The number of hydrogen-bond acceptors (Lipinski definition) is 4. The Morgan fingerprint density at radius 1 is 1.18 bits per heavy atom. The molecule has 0 saturated heterocycles. The molecule has 0 radical (unpaired) electrons. The van der Waals surface area contributed by atoms with Crippen molar-refractivity contribution in [3.05, 3.63) is 28.8 Å². The minimum Gasteiger partial charge on any atom is -0.508 e. The first-order chi connectivity index (χ1) is 9.92. The molecular formula is C17H25NO4. The van der Waals surface area contributed by atoms with E-state index in [2.05, 4.69) is 0 Å². The number of hydrogen-bond donors (Lipinski definition) is 1. The van der Waals surface area contributed by atoms with Crippen LogP contribution in [0.1, 0.15) is 44.4 Å². The Hall–Kier alpha value is -2.04. The molecule has 1 N–H and O–H groups in total. The van der Waals surface area contributed by atoms with Crippen LogP contribution in [-0.4, -0.2) is 35.0 Å². The molecule has 0 aliphatic carbocycles. The first-order valence-electron chi connectivity index (χ1n) is 7.16. The van der Waals surface area contributed by atoms with Crippen LogP contribution < -0.4 is 0 Å². The molecule has 5 heteroatoms. The van der Waals surface area contributed by atoms with Gasteiger partial charge >= 0.3 is 6.09 Å². The van der Waals surface area contributed by atoms with Gasteiger partial charge in [-0.25, -0.2) is 4.79 Å². The highest BCUT2D eigenvalue weighted by atomic mass is 16.6. The third-order valence-corrected chi connectivity index (χ3v) is 3.75. The van der Waals surface area contributed by atoms with Crippen molar-refractivity contribution in [2.24, 2.45) is 0 Å². The summed E-state index contributed by atoms with van der Waals surface area (Å²) in [6.07, 6.45) is 0.0144. The van der Waals surface area contributed by atoms with Gasteiger partial charge in [-0.05, 0) is 64.8 Å². The summed E-state index contributed by atoms with van der Waals surface area (Å²) >= 11 is 0. The van der Waals surface area contributed by atoms with Crippen LogP contribution in [0.3, 0.4) is 0 Å². The maximum Gasteiger partial charge on any atom is 0.411 e. The van der Waals surface area contributed by atoms with Gasteiger partial charge in [-0.3, -0.25) is 4.90 Å². The molecule has 1 aromatic rings. The van der Waals surface area contributed by atoms with Crippen molar-refractivity contribution in [2.75, 3.05) is 7.05 Å². The molecule has 122 valence electrons. The number of phenolic OH excluding ortho intramolecular Hbond substituents is 1. The minimum atomic E-state index is -1.31. The third-order valence-electron chi connectivity index (χ3n) is 3.75. The molecule has 0 heterocycles. The van der Waals surface area contributed by atoms with Crippen LogP contribution in [0.25, 0.3) is 0 Å². The summed E-state index contributed by atoms with van der Waals surface area (Å²) in [5.74, 6) is -0.0203. The first kappa shape index (κ1) is 18.0. The Labute approximate surface area is 131 Å². The molecule has 1 unspecified atom stereocenters. The van der Waals surface area contributed by atoms with E-state index in [4.69, 9.17) is 4.74 Å². The van der Waals surface area contributed by atoms with E-state index in [1.807, 2.05) is 13.8 Å². The second-order valence-electron chi connectivity index (χ2n) is 6.76. The largest absolute Gasteiger partial charge is 0.508 e. The van der Waals surface area contributed by atoms with E-state index in [-0.39, 0.29) is 5.75 Å². The summed E-state index contributed by atoms with van der Waals surface area (Å²) < 4.78 is 5.31. The molecule has 0 fully saturated rings. The highest BCUT2D eigenvalue weighted by Gasteiger charge is 2.38. The maximum atomic E-state index is 12.3. The second kappa shape index (κ2) is 5.99. The molecule has 0 saturated carbocycles. The van der Waals surface area contributed by atoms with Crippen LogP contribution in [-0.2, 0) is 15.1 Å². The highest BCUT2D eigenvalue weighted by molar-refractivity contribution is 5.79. The molecule has 5 nitrogen and oxygen atoms in total. The van der Waals surface area contributed by atoms with Crippen LogP contribution >= 0.6 is 0 Å². The number of rotatable bonds is 3. The number of nitrogens with zero attached hydrogens (tertiary/aromatic N) is 1. The van der Waals surface area contributed by atoms with Gasteiger partial charge < -0.3 is 14.6 Å². The predicted octanol–water partition coefficient (Wildman–Crippen LogP) is 3.29. The zero-order chi connectivity index (χ0) is 17.3. The van der Waals surface area contributed by atoms with E-state index in [0.717, 1.165) is 11.1 Å². The van der Waals surface area contributed by atoms with Gasteiger partial charge in [0, 0.05) is 12.6 Å². The SMILES string of the molecule is Cc1cc(O)c(C(C)(C=O)N(C)C(=O)OC(C)(C)C)cc1C. The van der Waals surface area contributed by atoms with Gasteiger partial charge in [0.1, 0.15) is 23.2 Å². The first-order valence-corrected chi connectivity index (χ1v) is 7.16. The van der Waals surface area contributed by atoms with Crippen molar-refractivity contribution >= 4 is 12.4 Å². The number of aldehydes is 1. The van der Waals surface area contributed by atoms with E-state index in [0.29, 0.717) is 11.8 Å². The lowest BCUT2D eigenvalue weighted by atomic mass is 9.89. The van der Waals surface area contributed by atoms with Crippen LogP contribution in [0.2, 0.25) is 0 Å². The lowest BCUT2D eigenvalue weighted by molar-refractivity contribution is -0.117. The lowest BCUT2D eigenvalue weighted by Crippen LogP contribution is -2.48. The number of likely N-dealkylation sites (N-methyl/N-ethyl adjacent to an activating group) is 1. The molecule has 1 rings (SSSR count). The van der Waals surface area contributed by atoms with Crippen molar-refractivity contribution in [2.45, 2.75) is 52.7 Å². The topological polar surface area (TPSA) is 66.8 Å². The fourth-order valence-electron chi connectivity index (χ4n) is 2.05. The van der Waals surface area contributed by atoms with Gasteiger partial charge in [-0.15, -0.1) is 0 Å². The van der Waals surface area contributed by atoms with Crippen molar-refractivity contribution in [1.82, 2.24) is 4.90 Å². The van der Waals surface area contributed by atoms with Crippen molar-refractivity contribution in [1.29, 1.82) is 0 Å². The molecule has 0 bridgehead atoms. The molecule has 0 aliphatic heterocycles. The lowest BCUT2D eigenvalue weighted by Gasteiger charge is -2.36. The molecule has 1 aromatic carbocycles. The second-order valence-corrected chi connectivity index (χ2v) is 6.76. The van der Waals surface area contributed by atoms with E-state index in [1.165, 1.54) is 11.9 Å². The minimum absolute atomic E-state index is 0.0203. The monoisotopic (exact) mass is 307 g/mol. The standard InChI is InChI=1S/C17H25NO4/c1-11-8-13(14(20)9-12(11)2)17(6,10-19)18(7)15(21)22-16(3,4)5/h8-10,20H,1-7H3. The molecule has 1 amide bonds. The summed E-state index contributed by atoms with van der Waals surface area (Å²) in [6, 6.07) is 3.31. The average molecular weight is 307 g/mol. The number of amides is 1. The summed E-state index contributed by atoms with van der Waals surface area (Å²) in [5, 5.41) is 10.2. The van der Waals surface area contributed by atoms with Gasteiger partial charge in [0.15, 0.2) is 0 Å². The Balaban J connectivity index is 3.30. The number of carbonyl (C=O) groups excluding carboxylic acids is 2. The third kappa shape index (κ3) is 3.59. The van der Waals surface area contributed by atoms with Crippen LogP contribution in [0.4, 0.5) is 4.79 Å². The average Bonchev–Trinajstić information content (AvgIpc) is 2.39. The summed E-state index contributed by atoms with van der Waals surface area (Å²) in [5.41, 5.74) is 0.234. The van der Waals surface area contributed by atoms with E-state index in [9.17, 15) is 14.7 Å².